The number of aliphatic hydroxyl groups excluding tert-OH is 1. The molecule has 1 aliphatic rings. The third kappa shape index (κ3) is 3.19. The van der Waals surface area contributed by atoms with E-state index in [0.717, 1.165) is 18.7 Å². The van der Waals surface area contributed by atoms with Crippen molar-refractivity contribution < 1.29 is 9.52 Å². The molecule has 114 valence electrons. The standard InChI is InChI=1S/C16H22N2O3/c1-10-5-11(2)8-18(7-10)9-14(19)12-3-4-13-15(6-12)21-16(20)17-13/h3-4,6,10-11,14,19H,5,7-9H2,1-2H3,(H,17,20). The summed E-state index contributed by atoms with van der Waals surface area (Å²) in [6, 6.07) is 5.37. The number of hydrogen-bond donors (Lipinski definition) is 2. The molecule has 0 saturated carbocycles. The van der Waals surface area contributed by atoms with E-state index in [1.165, 1.54) is 6.42 Å². The fraction of sp³-hybridized carbons (Fsp3) is 0.562. The van der Waals surface area contributed by atoms with E-state index in [1.807, 2.05) is 6.07 Å². The number of β-amino-alcohol motifs (C(OH)–C–C–N with tert-alkyl or cyclic N) is 1. The maximum atomic E-state index is 11.2. The Hall–Kier alpha value is -1.59. The minimum absolute atomic E-state index is 0.463. The second-order valence-electron chi connectivity index (χ2n) is 6.45. The van der Waals surface area contributed by atoms with Gasteiger partial charge in [0.15, 0.2) is 5.58 Å². The molecular formula is C16H22N2O3. The summed E-state index contributed by atoms with van der Waals surface area (Å²) in [5, 5.41) is 10.4. The number of aromatic amines is 1. The topological polar surface area (TPSA) is 69.5 Å². The SMILES string of the molecule is CC1CC(C)CN(CC(O)c2ccc3[nH]c(=O)oc3c2)C1. The third-order valence-electron chi connectivity index (χ3n) is 4.21. The number of benzene rings is 1. The van der Waals surface area contributed by atoms with Crippen molar-refractivity contribution in [3.8, 4) is 0 Å². The zero-order chi connectivity index (χ0) is 15.0. The summed E-state index contributed by atoms with van der Waals surface area (Å²) in [6.07, 6.45) is 0.694. The first-order valence-corrected chi connectivity index (χ1v) is 7.54. The molecular weight excluding hydrogens is 268 g/mol. The Morgan fingerprint density at radius 1 is 1.38 bits per heavy atom. The average molecular weight is 290 g/mol. The summed E-state index contributed by atoms with van der Waals surface area (Å²) in [4.78, 5) is 16.1. The van der Waals surface area contributed by atoms with Crippen molar-refractivity contribution >= 4 is 11.1 Å². The Balaban J connectivity index is 1.73. The Morgan fingerprint density at radius 2 is 2.10 bits per heavy atom. The van der Waals surface area contributed by atoms with Crippen molar-refractivity contribution in [2.45, 2.75) is 26.4 Å². The highest BCUT2D eigenvalue weighted by Crippen LogP contribution is 2.24. The first kappa shape index (κ1) is 14.4. The maximum absolute atomic E-state index is 11.2. The van der Waals surface area contributed by atoms with Crippen LogP contribution in [0.25, 0.3) is 11.1 Å². The Labute approximate surface area is 123 Å². The quantitative estimate of drug-likeness (QED) is 0.908. The second-order valence-corrected chi connectivity index (χ2v) is 6.45. The molecule has 5 heteroatoms. The van der Waals surface area contributed by atoms with Gasteiger partial charge in [-0.1, -0.05) is 19.9 Å². The van der Waals surface area contributed by atoms with Crippen molar-refractivity contribution in [1.29, 1.82) is 0 Å². The maximum Gasteiger partial charge on any atom is 0.417 e. The van der Waals surface area contributed by atoms with Crippen molar-refractivity contribution in [2.24, 2.45) is 11.8 Å². The van der Waals surface area contributed by atoms with E-state index in [4.69, 9.17) is 4.42 Å². The molecule has 1 aromatic heterocycles. The number of oxazole rings is 1. The number of hydrogen-bond acceptors (Lipinski definition) is 4. The van der Waals surface area contributed by atoms with E-state index in [-0.39, 0.29) is 0 Å². The Bertz CT molecular complexity index is 665. The lowest BCUT2D eigenvalue weighted by Gasteiger charge is -2.36. The molecule has 0 aliphatic carbocycles. The Morgan fingerprint density at radius 3 is 2.81 bits per heavy atom. The summed E-state index contributed by atoms with van der Waals surface area (Å²) >= 11 is 0. The van der Waals surface area contributed by atoms with Crippen molar-refractivity contribution in [2.75, 3.05) is 19.6 Å². The van der Waals surface area contributed by atoms with E-state index in [2.05, 4.69) is 23.7 Å². The number of nitrogens with zero attached hydrogens (tertiary/aromatic N) is 1. The lowest BCUT2D eigenvalue weighted by atomic mass is 9.91. The normalized spacial score (nSPS) is 25.3. The van der Waals surface area contributed by atoms with Gasteiger partial charge in [0.05, 0.1) is 11.6 Å². The first-order chi connectivity index (χ1) is 10.0. The first-order valence-electron chi connectivity index (χ1n) is 7.54. The van der Waals surface area contributed by atoms with Crippen LogP contribution < -0.4 is 5.76 Å². The van der Waals surface area contributed by atoms with Crippen LogP contribution in [0.2, 0.25) is 0 Å². The highest BCUT2D eigenvalue weighted by molar-refractivity contribution is 5.72. The van der Waals surface area contributed by atoms with E-state index in [9.17, 15) is 9.90 Å². The smallest absolute Gasteiger partial charge is 0.408 e. The monoisotopic (exact) mass is 290 g/mol. The van der Waals surface area contributed by atoms with Gasteiger partial charge in [-0.15, -0.1) is 0 Å². The molecule has 1 aliphatic heterocycles. The van der Waals surface area contributed by atoms with Gasteiger partial charge in [-0.3, -0.25) is 9.88 Å². The minimum Gasteiger partial charge on any atom is -0.408 e. The molecule has 1 saturated heterocycles. The van der Waals surface area contributed by atoms with Crippen LogP contribution in [-0.4, -0.2) is 34.6 Å². The molecule has 0 radical (unpaired) electrons. The number of aromatic nitrogens is 1. The minimum atomic E-state index is -0.563. The fourth-order valence-corrected chi connectivity index (χ4v) is 3.46. The van der Waals surface area contributed by atoms with Gasteiger partial charge in [0.25, 0.3) is 0 Å². The number of H-pyrrole nitrogens is 1. The predicted molar refractivity (Wildman–Crippen MR) is 81.2 cm³/mol. The van der Waals surface area contributed by atoms with Gasteiger partial charge in [-0.2, -0.15) is 0 Å². The molecule has 2 N–H and O–H groups in total. The Kier molecular flexibility index (Phi) is 3.87. The van der Waals surface area contributed by atoms with Crippen LogP contribution in [-0.2, 0) is 0 Å². The number of piperidine rings is 1. The van der Waals surface area contributed by atoms with Gasteiger partial charge in [-0.05, 0) is 36.0 Å². The molecule has 3 unspecified atom stereocenters. The largest absolute Gasteiger partial charge is 0.417 e. The van der Waals surface area contributed by atoms with Gasteiger partial charge >= 0.3 is 5.76 Å². The number of likely N-dealkylation sites (tertiary alicyclic amines) is 1. The zero-order valence-electron chi connectivity index (χ0n) is 12.5. The van der Waals surface area contributed by atoms with Crippen LogP contribution in [0.4, 0.5) is 0 Å². The highest BCUT2D eigenvalue weighted by atomic mass is 16.4. The van der Waals surface area contributed by atoms with Crippen LogP contribution in [0.1, 0.15) is 31.9 Å². The lowest BCUT2D eigenvalue weighted by molar-refractivity contribution is 0.0699. The van der Waals surface area contributed by atoms with E-state index in [1.54, 1.807) is 12.1 Å². The summed E-state index contributed by atoms with van der Waals surface area (Å²) in [7, 11) is 0. The number of rotatable bonds is 3. The summed E-state index contributed by atoms with van der Waals surface area (Å²) in [5.74, 6) is 0.882. The lowest BCUT2D eigenvalue weighted by Crippen LogP contribution is -2.40. The van der Waals surface area contributed by atoms with Gasteiger partial charge in [-0.25, -0.2) is 4.79 Å². The van der Waals surface area contributed by atoms with Gasteiger partial charge in [0.2, 0.25) is 0 Å². The molecule has 0 amide bonds. The van der Waals surface area contributed by atoms with Crippen LogP contribution in [0, 0.1) is 11.8 Å². The van der Waals surface area contributed by atoms with Crippen LogP contribution in [0.15, 0.2) is 27.4 Å². The van der Waals surface area contributed by atoms with Crippen LogP contribution in [0.5, 0.6) is 0 Å². The van der Waals surface area contributed by atoms with Crippen molar-refractivity contribution in [1.82, 2.24) is 9.88 Å². The zero-order valence-corrected chi connectivity index (χ0v) is 12.5. The molecule has 2 heterocycles. The van der Waals surface area contributed by atoms with E-state index < -0.39 is 11.9 Å². The second kappa shape index (κ2) is 5.66. The molecule has 3 atom stereocenters. The van der Waals surface area contributed by atoms with Crippen molar-refractivity contribution in [3.63, 3.8) is 0 Å². The van der Waals surface area contributed by atoms with Crippen LogP contribution >= 0.6 is 0 Å². The van der Waals surface area contributed by atoms with Gasteiger partial charge in [0.1, 0.15) is 0 Å². The number of nitrogens with one attached hydrogen (secondary N) is 1. The van der Waals surface area contributed by atoms with Gasteiger partial charge in [0, 0.05) is 19.6 Å². The number of aliphatic hydroxyl groups is 1. The summed E-state index contributed by atoms with van der Waals surface area (Å²) < 4.78 is 5.05. The average Bonchev–Trinajstić information content (AvgIpc) is 2.76. The number of fused-ring (bicyclic) bond motifs is 1. The van der Waals surface area contributed by atoms with Crippen LogP contribution in [0.3, 0.4) is 0 Å². The predicted octanol–water partition coefficient (Wildman–Crippen LogP) is 2.13. The fourth-order valence-electron chi connectivity index (χ4n) is 3.46. The van der Waals surface area contributed by atoms with Crippen molar-refractivity contribution in [3.05, 3.63) is 34.3 Å². The summed E-state index contributed by atoms with van der Waals surface area (Å²) in [5.41, 5.74) is 1.95. The van der Waals surface area contributed by atoms with Gasteiger partial charge < -0.3 is 9.52 Å². The third-order valence-corrected chi connectivity index (χ3v) is 4.21. The van der Waals surface area contributed by atoms with E-state index in [0.29, 0.717) is 29.5 Å². The molecule has 0 bridgehead atoms. The van der Waals surface area contributed by atoms with E-state index >= 15 is 0 Å². The molecule has 2 aromatic rings. The molecule has 1 fully saturated rings. The highest BCUT2D eigenvalue weighted by Gasteiger charge is 2.24. The molecule has 21 heavy (non-hydrogen) atoms. The summed E-state index contributed by atoms with van der Waals surface area (Å²) in [6.45, 7) is 7.20. The molecule has 0 spiro atoms. The molecule has 5 nitrogen and oxygen atoms in total. The molecule has 1 aromatic carbocycles. The molecule has 3 rings (SSSR count).